The Morgan fingerprint density at radius 3 is 3.00 bits per heavy atom. The number of ether oxygens (including phenoxy) is 1. The second kappa shape index (κ2) is 5.82. The summed E-state index contributed by atoms with van der Waals surface area (Å²) < 4.78 is 9.97. The summed E-state index contributed by atoms with van der Waals surface area (Å²) in [4.78, 5) is 11.2. The van der Waals surface area contributed by atoms with Gasteiger partial charge in [0.25, 0.3) is 0 Å². The Hall–Kier alpha value is -0.940. The van der Waals surface area contributed by atoms with E-state index < -0.39 is 5.97 Å². The van der Waals surface area contributed by atoms with Gasteiger partial charge in [-0.25, -0.2) is 4.79 Å². The topological polar surface area (TPSA) is 65.5 Å². The van der Waals surface area contributed by atoms with E-state index in [0.717, 1.165) is 22.8 Å². The van der Waals surface area contributed by atoms with Crippen LogP contribution in [0.4, 0.5) is 0 Å². The van der Waals surface area contributed by atoms with Crippen LogP contribution in [0.1, 0.15) is 21.9 Å². The van der Waals surface area contributed by atoms with Gasteiger partial charge in [-0.1, -0.05) is 0 Å². The number of furan rings is 1. The minimum absolute atomic E-state index is 0.292. The molecule has 0 aliphatic carbocycles. The van der Waals surface area contributed by atoms with Crippen LogP contribution < -0.4 is 5.73 Å². The second-order valence-corrected chi connectivity index (χ2v) is 4.16. The lowest BCUT2D eigenvalue weighted by Crippen LogP contribution is -2.01. The summed E-state index contributed by atoms with van der Waals surface area (Å²) in [7, 11) is 1.34. The standard InChI is InChI=1S/C10H15NO3S/c1-7-5-8(6-15-4-3-11)14-9(7)10(12)13-2/h5H,3-4,6,11H2,1-2H3. The van der Waals surface area contributed by atoms with Crippen molar-refractivity contribution in [3.05, 3.63) is 23.2 Å². The number of methoxy groups -OCH3 is 1. The predicted molar refractivity (Wildman–Crippen MR) is 60.0 cm³/mol. The molecule has 4 nitrogen and oxygen atoms in total. The molecule has 0 bridgehead atoms. The lowest BCUT2D eigenvalue weighted by atomic mass is 10.3. The molecule has 0 aliphatic heterocycles. The van der Waals surface area contributed by atoms with Crippen LogP contribution in [-0.2, 0) is 10.5 Å². The molecule has 0 spiro atoms. The maximum absolute atomic E-state index is 11.2. The fourth-order valence-corrected chi connectivity index (χ4v) is 1.83. The summed E-state index contributed by atoms with van der Waals surface area (Å²) >= 11 is 1.68. The number of rotatable bonds is 5. The van der Waals surface area contributed by atoms with Crippen LogP contribution in [0, 0.1) is 6.92 Å². The lowest BCUT2D eigenvalue weighted by Gasteiger charge is -1.96. The first-order valence-corrected chi connectivity index (χ1v) is 5.80. The van der Waals surface area contributed by atoms with Crippen LogP contribution in [0.3, 0.4) is 0 Å². The Kier molecular flexibility index (Phi) is 4.71. The minimum atomic E-state index is -0.428. The van der Waals surface area contributed by atoms with Crippen molar-refractivity contribution in [2.45, 2.75) is 12.7 Å². The number of hydrogen-bond donors (Lipinski definition) is 1. The predicted octanol–water partition coefficient (Wildman–Crippen LogP) is 1.57. The first-order chi connectivity index (χ1) is 7.19. The molecular weight excluding hydrogens is 214 g/mol. The van der Waals surface area contributed by atoms with Gasteiger partial charge in [0.15, 0.2) is 0 Å². The van der Waals surface area contributed by atoms with Crippen molar-refractivity contribution >= 4 is 17.7 Å². The highest BCUT2D eigenvalue weighted by Crippen LogP contribution is 2.19. The average molecular weight is 229 g/mol. The average Bonchev–Trinajstić information content (AvgIpc) is 2.59. The van der Waals surface area contributed by atoms with E-state index in [-0.39, 0.29) is 0 Å². The molecule has 0 aliphatic rings. The van der Waals surface area contributed by atoms with Crippen LogP contribution in [0.15, 0.2) is 10.5 Å². The van der Waals surface area contributed by atoms with Gasteiger partial charge in [-0.2, -0.15) is 11.8 Å². The Labute approximate surface area is 93.2 Å². The van der Waals surface area contributed by atoms with Gasteiger partial charge in [0.2, 0.25) is 5.76 Å². The van der Waals surface area contributed by atoms with Crippen molar-refractivity contribution < 1.29 is 13.9 Å². The van der Waals surface area contributed by atoms with E-state index in [0.29, 0.717) is 12.3 Å². The molecule has 1 aromatic heterocycles. The van der Waals surface area contributed by atoms with Gasteiger partial charge in [-0.05, 0) is 13.0 Å². The van der Waals surface area contributed by atoms with E-state index in [1.807, 2.05) is 13.0 Å². The molecule has 1 heterocycles. The van der Waals surface area contributed by atoms with Crippen molar-refractivity contribution in [1.29, 1.82) is 0 Å². The summed E-state index contributed by atoms with van der Waals surface area (Å²) in [6, 6.07) is 1.86. The number of aryl methyl sites for hydroxylation is 1. The van der Waals surface area contributed by atoms with Crippen LogP contribution in [0.5, 0.6) is 0 Å². The third-order valence-electron chi connectivity index (χ3n) is 1.85. The van der Waals surface area contributed by atoms with Crippen LogP contribution >= 0.6 is 11.8 Å². The fraction of sp³-hybridized carbons (Fsp3) is 0.500. The van der Waals surface area contributed by atoms with Crippen LogP contribution in [0.25, 0.3) is 0 Å². The number of esters is 1. The normalized spacial score (nSPS) is 10.3. The zero-order valence-corrected chi connectivity index (χ0v) is 9.73. The highest BCUT2D eigenvalue weighted by atomic mass is 32.2. The van der Waals surface area contributed by atoms with E-state index in [2.05, 4.69) is 4.74 Å². The molecule has 0 fully saturated rings. The van der Waals surface area contributed by atoms with E-state index >= 15 is 0 Å². The lowest BCUT2D eigenvalue weighted by molar-refractivity contribution is 0.0562. The Morgan fingerprint density at radius 1 is 1.67 bits per heavy atom. The van der Waals surface area contributed by atoms with Gasteiger partial charge < -0.3 is 14.9 Å². The highest BCUT2D eigenvalue weighted by molar-refractivity contribution is 7.98. The molecule has 1 aromatic rings. The molecular formula is C10H15NO3S. The van der Waals surface area contributed by atoms with E-state index in [1.165, 1.54) is 7.11 Å². The largest absolute Gasteiger partial charge is 0.463 e. The summed E-state index contributed by atoms with van der Waals surface area (Å²) in [6.45, 7) is 2.47. The molecule has 15 heavy (non-hydrogen) atoms. The quantitative estimate of drug-likeness (QED) is 0.613. The van der Waals surface area contributed by atoms with Crippen molar-refractivity contribution in [3.63, 3.8) is 0 Å². The third-order valence-corrected chi connectivity index (χ3v) is 2.86. The summed E-state index contributed by atoms with van der Waals surface area (Å²) in [5, 5.41) is 0. The maximum Gasteiger partial charge on any atom is 0.374 e. The second-order valence-electron chi connectivity index (χ2n) is 3.06. The zero-order chi connectivity index (χ0) is 11.3. The molecule has 0 aromatic carbocycles. The number of hydrogen-bond acceptors (Lipinski definition) is 5. The van der Waals surface area contributed by atoms with Gasteiger partial charge in [0, 0.05) is 17.9 Å². The molecule has 0 unspecified atom stereocenters. The number of carbonyl (C=O) groups excluding carboxylic acids is 1. The number of thioether (sulfide) groups is 1. The van der Waals surface area contributed by atoms with Crippen molar-refractivity contribution in [2.24, 2.45) is 5.73 Å². The van der Waals surface area contributed by atoms with E-state index in [9.17, 15) is 4.79 Å². The molecule has 5 heteroatoms. The first kappa shape index (κ1) is 12.1. The molecule has 0 radical (unpaired) electrons. The molecule has 2 N–H and O–H groups in total. The van der Waals surface area contributed by atoms with Gasteiger partial charge >= 0.3 is 5.97 Å². The van der Waals surface area contributed by atoms with E-state index in [4.69, 9.17) is 10.2 Å². The Morgan fingerprint density at radius 2 is 2.40 bits per heavy atom. The Balaban J connectivity index is 2.64. The monoisotopic (exact) mass is 229 g/mol. The van der Waals surface area contributed by atoms with Crippen LogP contribution in [0.2, 0.25) is 0 Å². The summed E-state index contributed by atoms with van der Waals surface area (Å²) in [6.07, 6.45) is 0. The van der Waals surface area contributed by atoms with Gasteiger partial charge in [-0.15, -0.1) is 0 Å². The van der Waals surface area contributed by atoms with Crippen molar-refractivity contribution in [2.75, 3.05) is 19.4 Å². The van der Waals surface area contributed by atoms with Gasteiger partial charge in [-0.3, -0.25) is 0 Å². The summed E-state index contributed by atoms with van der Waals surface area (Å²) in [5.41, 5.74) is 6.18. The van der Waals surface area contributed by atoms with Crippen molar-refractivity contribution in [1.82, 2.24) is 0 Å². The van der Waals surface area contributed by atoms with Crippen molar-refractivity contribution in [3.8, 4) is 0 Å². The fourth-order valence-electron chi connectivity index (χ4n) is 1.17. The summed E-state index contributed by atoms with van der Waals surface area (Å²) in [5.74, 6) is 2.26. The number of nitrogens with two attached hydrogens (primary N) is 1. The van der Waals surface area contributed by atoms with Gasteiger partial charge in [0.1, 0.15) is 5.76 Å². The molecule has 0 saturated heterocycles. The van der Waals surface area contributed by atoms with Crippen LogP contribution in [-0.4, -0.2) is 25.4 Å². The van der Waals surface area contributed by atoms with E-state index in [1.54, 1.807) is 11.8 Å². The first-order valence-electron chi connectivity index (χ1n) is 4.64. The van der Waals surface area contributed by atoms with Gasteiger partial charge in [0.05, 0.1) is 12.9 Å². The molecule has 1 rings (SSSR count). The molecule has 0 saturated carbocycles. The Bertz CT molecular complexity index is 335. The SMILES string of the molecule is COC(=O)c1oc(CSCCN)cc1C. The maximum atomic E-state index is 11.2. The highest BCUT2D eigenvalue weighted by Gasteiger charge is 2.15. The third kappa shape index (κ3) is 3.28. The number of carbonyl (C=O) groups is 1. The minimum Gasteiger partial charge on any atom is -0.463 e. The molecule has 84 valence electrons. The zero-order valence-electron chi connectivity index (χ0n) is 8.91. The molecule has 0 atom stereocenters. The molecule has 0 amide bonds. The smallest absolute Gasteiger partial charge is 0.374 e.